The van der Waals surface area contributed by atoms with E-state index in [0.29, 0.717) is 11.1 Å². The van der Waals surface area contributed by atoms with E-state index in [0.717, 1.165) is 11.8 Å². The van der Waals surface area contributed by atoms with E-state index < -0.39 is 5.91 Å². The summed E-state index contributed by atoms with van der Waals surface area (Å²) in [6.45, 7) is 0. The van der Waals surface area contributed by atoms with Crippen molar-refractivity contribution in [1.29, 1.82) is 5.41 Å². The molecule has 0 saturated heterocycles. The molecule has 0 radical (unpaired) electrons. The summed E-state index contributed by atoms with van der Waals surface area (Å²) in [6, 6.07) is 13.6. The molecule has 7 nitrogen and oxygen atoms in total. The lowest BCUT2D eigenvalue weighted by Crippen LogP contribution is -2.10. The number of hydrogen-bond acceptors (Lipinski definition) is 6. The van der Waals surface area contributed by atoms with Gasteiger partial charge in [0.1, 0.15) is 11.5 Å². The van der Waals surface area contributed by atoms with Crippen LogP contribution in [-0.2, 0) is 0 Å². The molecule has 7 N–H and O–H groups in total. The van der Waals surface area contributed by atoms with Gasteiger partial charge in [0.05, 0.1) is 5.02 Å². The standard InChI is InChI=1S/C15H13NO3.C7H6ClNO2/c16-9-11-6-12(15(19)14(18)8-11)5-4-10-2-1-3-13(17)7-10;8-5-3-4(7(9)11)1-2-6(5)10/h1-9,16-19H;1-3,10H,(H2,9,11)/b5-4+,16-9?;. The summed E-state index contributed by atoms with van der Waals surface area (Å²) in [7, 11) is 0. The number of benzene rings is 3. The number of rotatable bonds is 4. The fraction of sp³-hybridized carbons (Fsp3) is 0. The number of phenols is 4. The number of aromatic hydroxyl groups is 4. The van der Waals surface area contributed by atoms with E-state index in [-0.39, 0.29) is 33.6 Å². The van der Waals surface area contributed by atoms with Gasteiger partial charge in [-0.1, -0.05) is 35.9 Å². The van der Waals surface area contributed by atoms with E-state index >= 15 is 0 Å². The minimum atomic E-state index is -0.563. The van der Waals surface area contributed by atoms with E-state index in [1.807, 2.05) is 0 Å². The van der Waals surface area contributed by atoms with Crippen LogP contribution in [0, 0.1) is 5.41 Å². The van der Waals surface area contributed by atoms with Crippen molar-refractivity contribution < 1.29 is 25.2 Å². The number of amides is 1. The Kier molecular flexibility index (Phi) is 7.44. The Labute approximate surface area is 177 Å². The zero-order chi connectivity index (χ0) is 22.3. The normalized spacial score (nSPS) is 10.3. The molecule has 154 valence electrons. The third-order valence-electron chi connectivity index (χ3n) is 3.87. The van der Waals surface area contributed by atoms with Gasteiger partial charge in [0.25, 0.3) is 0 Å². The van der Waals surface area contributed by atoms with Crippen LogP contribution in [0.1, 0.15) is 27.0 Å². The number of nitrogens with one attached hydrogen (secondary N) is 1. The molecule has 30 heavy (non-hydrogen) atoms. The first-order valence-corrected chi connectivity index (χ1v) is 8.91. The minimum absolute atomic E-state index is 0.0586. The molecule has 0 heterocycles. The van der Waals surface area contributed by atoms with Crippen LogP contribution >= 0.6 is 11.6 Å². The van der Waals surface area contributed by atoms with Crippen molar-refractivity contribution in [3.8, 4) is 23.0 Å². The topological polar surface area (TPSA) is 148 Å². The molecule has 1 amide bonds. The van der Waals surface area contributed by atoms with Crippen LogP contribution < -0.4 is 5.73 Å². The molecule has 0 spiro atoms. The van der Waals surface area contributed by atoms with Crippen molar-refractivity contribution in [2.45, 2.75) is 0 Å². The maximum Gasteiger partial charge on any atom is 0.248 e. The molecule has 8 heteroatoms. The zero-order valence-electron chi connectivity index (χ0n) is 15.6. The van der Waals surface area contributed by atoms with Gasteiger partial charge >= 0.3 is 0 Å². The van der Waals surface area contributed by atoms with Gasteiger partial charge in [0.15, 0.2) is 11.5 Å². The molecule has 0 aliphatic rings. The van der Waals surface area contributed by atoms with Gasteiger partial charge in [-0.05, 0) is 53.6 Å². The highest BCUT2D eigenvalue weighted by Gasteiger charge is 2.06. The van der Waals surface area contributed by atoms with Gasteiger partial charge in [-0.25, -0.2) is 0 Å². The summed E-state index contributed by atoms with van der Waals surface area (Å²) in [5, 5.41) is 44.8. The van der Waals surface area contributed by atoms with Gasteiger partial charge in [0, 0.05) is 17.3 Å². The van der Waals surface area contributed by atoms with Crippen LogP contribution in [0.4, 0.5) is 0 Å². The van der Waals surface area contributed by atoms with E-state index in [2.05, 4.69) is 0 Å². The predicted molar refractivity (Wildman–Crippen MR) is 116 cm³/mol. The number of hydrogen-bond donors (Lipinski definition) is 6. The largest absolute Gasteiger partial charge is 0.508 e. The Balaban J connectivity index is 0.000000248. The highest BCUT2D eigenvalue weighted by molar-refractivity contribution is 6.32. The van der Waals surface area contributed by atoms with Crippen molar-refractivity contribution in [2.24, 2.45) is 5.73 Å². The van der Waals surface area contributed by atoms with Gasteiger partial charge in [-0.15, -0.1) is 0 Å². The van der Waals surface area contributed by atoms with Gasteiger partial charge in [0.2, 0.25) is 5.91 Å². The lowest BCUT2D eigenvalue weighted by Gasteiger charge is -2.04. The average molecular weight is 427 g/mol. The fourth-order valence-corrected chi connectivity index (χ4v) is 2.53. The second-order valence-electron chi connectivity index (χ2n) is 6.08. The lowest BCUT2D eigenvalue weighted by molar-refractivity contribution is 0.1000. The Morgan fingerprint density at radius 2 is 1.63 bits per heavy atom. The Morgan fingerprint density at radius 1 is 0.900 bits per heavy atom. The van der Waals surface area contributed by atoms with Crippen LogP contribution in [0.25, 0.3) is 12.2 Å². The first-order chi connectivity index (χ1) is 14.2. The highest BCUT2D eigenvalue weighted by atomic mass is 35.5. The second-order valence-corrected chi connectivity index (χ2v) is 6.49. The molecular formula is C22H19ClN2O5. The molecule has 3 aromatic rings. The van der Waals surface area contributed by atoms with Crippen molar-refractivity contribution in [3.05, 3.63) is 81.9 Å². The lowest BCUT2D eigenvalue weighted by atomic mass is 10.1. The number of carbonyl (C=O) groups excluding carboxylic acids is 1. The highest BCUT2D eigenvalue weighted by Crippen LogP contribution is 2.31. The summed E-state index contributed by atoms with van der Waals surface area (Å²) >= 11 is 5.50. The van der Waals surface area contributed by atoms with Gasteiger partial charge < -0.3 is 31.6 Å². The number of primary amides is 1. The molecule has 0 unspecified atom stereocenters. The molecule has 3 rings (SSSR count). The molecule has 3 aromatic carbocycles. The van der Waals surface area contributed by atoms with E-state index in [4.69, 9.17) is 27.9 Å². The first kappa shape index (κ1) is 22.3. The number of phenolic OH excluding ortho intramolecular Hbond substituents is 4. The minimum Gasteiger partial charge on any atom is -0.508 e. The summed E-state index contributed by atoms with van der Waals surface area (Å²) < 4.78 is 0. The van der Waals surface area contributed by atoms with Crippen LogP contribution in [-0.4, -0.2) is 32.5 Å². The molecule has 0 saturated carbocycles. The van der Waals surface area contributed by atoms with Gasteiger partial charge in [-0.3, -0.25) is 4.79 Å². The molecular weight excluding hydrogens is 408 g/mol. The smallest absolute Gasteiger partial charge is 0.248 e. The maximum absolute atomic E-state index is 10.5. The van der Waals surface area contributed by atoms with Crippen LogP contribution in [0.2, 0.25) is 5.02 Å². The summed E-state index contributed by atoms with van der Waals surface area (Å²) in [5.74, 6) is -0.968. The Hall–Kier alpha value is -3.97. The number of nitrogens with two attached hydrogens (primary N) is 1. The van der Waals surface area contributed by atoms with Gasteiger partial charge in [-0.2, -0.15) is 0 Å². The Morgan fingerprint density at radius 3 is 2.23 bits per heavy atom. The molecule has 0 fully saturated rings. The van der Waals surface area contributed by atoms with Crippen molar-refractivity contribution >= 4 is 35.9 Å². The summed E-state index contributed by atoms with van der Waals surface area (Å²) in [6.07, 6.45) is 4.39. The monoisotopic (exact) mass is 426 g/mol. The molecule has 0 bridgehead atoms. The van der Waals surface area contributed by atoms with E-state index in [1.54, 1.807) is 42.5 Å². The summed E-state index contributed by atoms with van der Waals surface area (Å²) in [5.41, 5.74) is 6.90. The number of carbonyl (C=O) groups is 1. The first-order valence-electron chi connectivity index (χ1n) is 8.53. The second kappa shape index (κ2) is 9.99. The predicted octanol–water partition coefficient (Wildman–Crippen LogP) is 4.12. The molecule has 0 aliphatic carbocycles. The SMILES string of the molecule is N=Cc1cc(O)c(O)c(/C=C/c2cccc(O)c2)c1.NC(=O)c1ccc(O)c(Cl)c1. The fourth-order valence-electron chi connectivity index (χ4n) is 2.35. The van der Waals surface area contributed by atoms with Crippen LogP contribution in [0.15, 0.2) is 54.6 Å². The maximum atomic E-state index is 10.5. The van der Waals surface area contributed by atoms with Crippen LogP contribution in [0.3, 0.4) is 0 Å². The Bertz CT molecular complexity index is 1110. The number of halogens is 1. The third kappa shape index (κ3) is 6.02. The van der Waals surface area contributed by atoms with E-state index in [9.17, 15) is 20.1 Å². The molecule has 0 aliphatic heterocycles. The molecule has 0 aromatic heterocycles. The van der Waals surface area contributed by atoms with E-state index in [1.165, 1.54) is 24.3 Å². The van der Waals surface area contributed by atoms with Crippen molar-refractivity contribution in [3.63, 3.8) is 0 Å². The third-order valence-corrected chi connectivity index (χ3v) is 4.17. The quantitative estimate of drug-likeness (QED) is 0.211. The average Bonchev–Trinajstić information content (AvgIpc) is 2.71. The summed E-state index contributed by atoms with van der Waals surface area (Å²) in [4.78, 5) is 10.5. The van der Waals surface area contributed by atoms with Crippen LogP contribution in [0.5, 0.6) is 23.0 Å². The van der Waals surface area contributed by atoms with Crippen molar-refractivity contribution in [2.75, 3.05) is 0 Å². The zero-order valence-corrected chi connectivity index (χ0v) is 16.3. The molecule has 0 atom stereocenters. The van der Waals surface area contributed by atoms with Crippen molar-refractivity contribution in [1.82, 2.24) is 0 Å².